The number of nitrogens with zero attached hydrogens (tertiary/aromatic N) is 1. The summed E-state index contributed by atoms with van der Waals surface area (Å²) in [7, 11) is 0. The Morgan fingerprint density at radius 3 is 1.86 bits per heavy atom. The summed E-state index contributed by atoms with van der Waals surface area (Å²) in [5.74, 6) is 0.113. The van der Waals surface area contributed by atoms with E-state index in [2.05, 4.69) is 0 Å². The minimum absolute atomic E-state index is 0.113. The van der Waals surface area contributed by atoms with Gasteiger partial charge in [-0.05, 0) is 41.0 Å². The minimum atomic E-state index is -0.209. The molecule has 0 aliphatic rings. The fourth-order valence-corrected chi connectivity index (χ4v) is 1.37. The normalized spacial score (nSPS) is 12.8. The van der Waals surface area contributed by atoms with Gasteiger partial charge in [-0.3, -0.25) is 4.79 Å². The number of amides is 1. The molecule has 0 fully saturated rings. The molecule has 3 heteroatoms. The molecule has 0 aromatic rings. The lowest BCUT2D eigenvalue weighted by Crippen LogP contribution is -2.47. The molecule has 0 unspecified atom stereocenters. The van der Waals surface area contributed by atoms with Crippen LogP contribution in [0.2, 0.25) is 0 Å². The predicted molar refractivity (Wildman–Crippen MR) is 60.0 cm³/mol. The van der Waals surface area contributed by atoms with Crippen molar-refractivity contribution in [2.45, 2.75) is 59.0 Å². The number of hydrogen-bond donors (Lipinski definition) is 1. The van der Waals surface area contributed by atoms with Gasteiger partial charge in [0, 0.05) is 24.5 Å². The largest absolute Gasteiger partial charge is 0.338 e. The average molecular weight is 200 g/mol. The Bertz CT molecular complexity index is 198. The molecule has 3 nitrogen and oxygen atoms in total. The third-order valence-corrected chi connectivity index (χ3v) is 2.17. The summed E-state index contributed by atoms with van der Waals surface area (Å²) < 4.78 is 0. The van der Waals surface area contributed by atoms with Crippen molar-refractivity contribution in [1.29, 1.82) is 0 Å². The highest BCUT2D eigenvalue weighted by atomic mass is 16.2. The van der Waals surface area contributed by atoms with Gasteiger partial charge in [-0.2, -0.15) is 0 Å². The second-order valence-corrected chi connectivity index (χ2v) is 5.58. The Hall–Kier alpha value is -0.570. The number of nitrogens with two attached hydrogens (primary N) is 1. The zero-order valence-electron chi connectivity index (χ0n) is 10.3. The Balaban J connectivity index is 4.35. The standard InChI is InChI=1S/C11H24N2O/c1-9(14)13(10(2,3)4)8-7-11(5,6)12/h7-8,12H2,1-6H3. The van der Waals surface area contributed by atoms with Gasteiger partial charge in [0.1, 0.15) is 0 Å². The van der Waals surface area contributed by atoms with E-state index in [0.29, 0.717) is 0 Å². The molecule has 0 aliphatic carbocycles. The van der Waals surface area contributed by atoms with Gasteiger partial charge in [-0.25, -0.2) is 0 Å². The molecular formula is C11H24N2O. The second kappa shape index (κ2) is 4.30. The van der Waals surface area contributed by atoms with Gasteiger partial charge >= 0.3 is 0 Å². The topological polar surface area (TPSA) is 46.3 Å². The van der Waals surface area contributed by atoms with Gasteiger partial charge in [-0.1, -0.05) is 0 Å². The van der Waals surface area contributed by atoms with Gasteiger partial charge < -0.3 is 10.6 Å². The van der Waals surface area contributed by atoms with Crippen LogP contribution in [0.5, 0.6) is 0 Å². The van der Waals surface area contributed by atoms with Gasteiger partial charge in [0.05, 0.1) is 0 Å². The van der Waals surface area contributed by atoms with E-state index in [4.69, 9.17) is 5.73 Å². The molecule has 84 valence electrons. The van der Waals surface area contributed by atoms with Crippen molar-refractivity contribution < 1.29 is 4.79 Å². The van der Waals surface area contributed by atoms with E-state index in [1.165, 1.54) is 0 Å². The molecule has 0 aliphatic heterocycles. The van der Waals surface area contributed by atoms with Crippen LogP contribution in [0.4, 0.5) is 0 Å². The van der Waals surface area contributed by atoms with Crippen LogP contribution in [-0.4, -0.2) is 28.4 Å². The highest BCUT2D eigenvalue weighted by Gasteiger charge is 2.25. The van der Waals surface area contributed by atoms with Gasteiger partial charge in [0.15, 0.2) is 0 Å². The molecule has 0 heterocycles. The Morgan fingerprint density at radius 2 is 1.64 bits per heavy atom. The van der Waals surface area contributed by atoms with E-state index >= 15 is 0 Å². The molecule has 0 aromatic heterocycles. The SMILES string of the molecule is CC(=O)N(CCC(C)(C)N)C(C)(C)C. The van der Waals surface area contributed by atoms with E-state index in [0.717, 1.165) is 13.0 Å². The van der Waals surface area contributed by atoms with E-state index in [-0.39, 0.29) is 17.0 Å². The van der Waals surface area contributed by atoms with Crippen molar-refractivity contribution >= 4 is 5.91 Å². The van der Waals surface area contributed by atoms with Crippen LogP contribution < -0.4 is 5.73 Å². The summed E-state index contributed by atoms with van der Waals surface area (Å²) in [5, 5.41) is 0. The van der Waals surface area contributed by atoms with E-state index < -0.39 is 0 Å². The summed E-state index contributed by atoms with van der Waals surface area (Å²) in [6, 6.07) is 0. The lowest BCUT2D eigenvalue weighted by atomic mass is 9.99. The monoisotopic (exact) mass is 200 g/mol. The smallest absolute Gasteiger partial charge is 0.219 e. The molecule has 0 saturated heterocycles. The Morgan fingerprint density at radius 1 is 1.21 bits per heavy atom. The quantitative estimate of drug-likeness (QED) is 0.754. The summed E-state index contributed by atoms with van der Waals surface area (Å²) in [6.45, 7) is 12.4. The van der Waals surface area contributed by atoms with E-state index in [1.54, 1.807) is 6.92 Å². The van der Waals surface area contributed by atoms with E-state index in [1.807, 2.05) is 39.5 Å². The third-order valence-electron chi connectivity index (χ3n) is 2.17. The molecule has 1 amide bonds. The highest BCUT2D eigenvalue weighted by molar-refractivity contribution is 5.74. The lowest BCUT2D eigenvalue weighted by Gasteiger charge is -2.36. The first-order chi connectivity index (χ1) is 6.04. The van der Waals surface area contributed by atoms with Crippen LogP contribution in [0.25, 0.3) is 0 Å². The van der Waals surface area contributed by atoms with Crippen molar-refractivity contribution in [3.05, 3.63) is 0 Å². The lowest BCUT2D eigenvalue weighted by molar-refractivity contribution is -0.133. The zero-order valence-corrected chi connectivity index (χ0v) is 10.3. The fraction of sp³-hybridized carbons (Fsp3) is 0.909. The van der Waals surface area contributed by atoms with Crippen LogP contribution in [0, 0.1) is 0 Å². The minimum Gasteiger partial charge on any atom is -0.338 e. The summed E-state index contributed by atoms with van der Waals surface area (Å²) in [6.07, 6.45) is 0.823. The molecule has 0 radical (unpaired) electrons. The maximum atomic E-state index is 11.4. The molecule has 14 heavy (non-hydrogen) atoms. The maximum absolute atomic E-state index is 11.4. The van der Waals surface area contributed by atoms with E-state index in [9.17, 15) is 4.79 Å². The molecule has 0 rings (SSSR count). The summed E-state index contributed by atoms with van der Waals surface area (Å²) in [5.41, 5.74) is 5.57. The second-order valence-electron chi connectivity index (χ2n) is 5.58. The third kappa shape index (κ3) is 5.22. The Kier molecular flexibility index (Phi) is 4.13. The summed E-state index contributed by atoms with van der Waals surface area (Å²) in [4.78, 5) is 13.3. The first-order valence-electron chi connectivity index (χ1n) is 5.11. The van der Waals surface area contributed by atoms with Crippen LogP contribution in [0.15, 0.2) is 0 Å². The molecule has 0 aromatic carbocycles. The number of carbonyl (C=O) groups excluding carboxylic acids is 1. The first kappa shape index (κ1) is 13.4. The van der Waals surface area contributed by atoms with Crippen molar-refractivity contribution in [2.75, 3.05) is 6.54 Å². The van der Waals surface area contributed by atoms with Crippen molar-refractivity contribution in [3.63, 3.8) is 0 Å². The van der Waals surface area contributed by atoms with Gasteiger partial charge in [0.25, 0.3) is 0 Å². The van der Waals surface area contributed by atoms with Crippen LogP contribution in [-0.2, 0) is 4.79 Å². The molecule has 0 bridgehead atoms. The average Bonchev–Trinajstić information content (AvgIpc) is 1.79. The number of hydrogen-bond acceptors (Lipinski definition) is 2. The fourth-order valence-electron chi connectivity index (χ4n) is 1.37. The summed E-state index contributed by atoms with van der Waals surface area (Å²) >= 11 is 0. The van der Waals surface area contributed by atoms with Crippen LogP contribution >= 0.6 is 0 Å². The first-order valence-corrected chi connectivity index (χ1v) is 5.11. The zero-order chi connectivity index (χ0) is 11.6. The predicted octanol–water partition coefficient (Wildman–Crippen LogP) is 1.76. The molecule has 2 N–H and O–H groups in total. The van der Waals surface area contributed by atoms with Crippen molar-refractivity contribution in [3.8, 4) is 0 Å². The van der Waals surface area contributed by atoms with Gasteiger partial charge in [-0.15, -0.1) is 0 Å². The molecule has 0 saturated carbocycles. The number of carbonyl (C=O) groups is 1. The van der Waals surface area contributed by atoms with Crippen LogP contribution in [0.1, 0.15) is 48.0 Å². The van der Waals surface area contributed by atoms with Gasteiger partial charge in [0.2, 0.25) is 5.91 Å². The van der Waals surface area contributed by atoms with Crippen molar-refractivity contribution in [1.82, 2.24) is 4.90 Å². The molecular weight excluding hydrogens is 176 g/mol. The molecule has 0 atom stereocenters. The maximum Gasteiger partial charge on any atom is 0.219 e. The van der Waals surface area contributed by atoms with Crippen LogP contribution in [0.3, 0.4) is 0 Å². The van der Waals surface area contributed by atoms with Crippen molar-refractivity contribution in [2.24, 2.45) is 5.73 Å². The molecule has 0 spiro atoms. The highest BCUT2D eigenvalue weighted by Crippen LogP contribution is 2.16. The number of rotatable bonds is 3. The Labute approximate surface area is 87.6 Å².